The van der Waals surface area contributed by atoms with Gasteiger partial charge in [-0.1, -0.05) is 47.5 Å². The normalized spacial score (nSPS) is 10.4. The highest BCUT2D eigenvalue weighted by Crippen LogP contribution is 2.17. The third kappa shape index (κ3) is 5.84. The number of aromatic nitrogens is 2. The van der Waals surface area contributed by atoms with Crippen molar-refractivity contribution in [1.82, 2.24) is 15.3 Å². The Balaban J connectivity index is 1.44. The number of nitrogens with one attached hydrogen (secondary N) is 1. The van der Waals surface area contributed by atoms with E-state index in [2.05, 4.69) is 15.3 Å². The predicted molar refractivity (Wildman–Crippen MR) is 107 cm³/mol. The van der Waals surface area contributed by atoms with Gasteiger partial charge in [0.2, 0.25) is 5.88 Å². The molecule has 0 fully saturated rings. The van der Waals surface area contributed by atoms with Gasteiger partial charge in [-0.25, -0.2) is 9.97 Å². The van der Waals surface area contributed by atoms with Crippen molar-refractivity contribution in [3.05, 3.63) is 82.2 Å². The van der Waals surface area contributed by atoms with E-state index in [4.69, 9.17) is 32.7 Å². The second-order valence-corrected chi connectivity index (χ2v) is 6.46. The van der Waals surface area contributed by atoms with Crippen LogP contribution in [-0.2, 0) is 6.54 Å². The van der Waals surface area contributed by atoms with Crippen molar-refractivity contribution >= 4 is 29.1 Å². The lowest BCUT2D eigenvalue weighted by molar-refractivity contribution is 0.0946. The summed E-state index contributed by atoms with van der Waals surface area (Å²) in [6, 6.07) is 16.1. The number of hydrogen-bond donors (Lipinski definition) is 1. The van der Waals surface area contributed by atoms with Gasteiger partial charge in [0.15, 0.2) is 0 Å². The topological polar surface area (TPSA) is 73.3 Å². The summed E-state index contributed by atoms with van der Waals surface area (Å²) in [6.07, 6.45) is 1.63. The van der Waals surface area contributed by atoms with Crippen molar-refractivity contribution < 1.29 is 14.3 Å². The molecule has 0 unspecified atom stereocenters. The van der Waals surface area contributed by atoms with Crippen LogP contribution in [0.3, 0.4) is 0 Å². The minimum Gasteiger partial charge on any atom is -0.490 e. The highest BCUT2D eigenvalue weighted by Gasteiger charge is 2.12. The summed E-state index contributed by atoms with van der Waals surface area (Å²) in [5.74, 6) is 0.858. The van der Waals surface area contributed by atoms with Gasteiger partial charge in [-0.3, -0.25) is 4.79 Å². The van der Waals surface area contributed by atoms with Crippen molar-refractivity contribution in [2.45, 2.75) is 6.54 Å². The number of nitrogens with zero attached hydrogens (tertiary/aromatic N) is 2. The summed E-state index contributed by atoms with van der Waals surface area (Å²) in [4.78, 5) is 20.3. The fourth-order valence-corrected chi connectivity index (χ4v) is 2.61. The molecular formula is C20H17Cl2N3O3. The highest BCUT2D eigenvalue weighted by molar-refractivity contribution is 6.34. The molecule has 6 nitrogen and oxygen atoms in total. The van der Waals surface area contributed by atoms with Crippen LogP contribution < -0.4 is 14.8 Å². The monoisotopic (exact) mass is 417 g/mol. The molecule has 2 aromatic heterocycles. The van der Waals surface area contributed by atoms with E-state index in [1.165, 1.54) is 12.1 Å². The molecule has 144 valence electrons. The van der Waals surface area contributed by atoms with Gasteiger partial charge in [-0.05, 0) is 29.8 Å². The molecule has 1 aromatic carbocycles. The number of benzene rings is 1. The van der Waals surface area contributed by atoms with Crippen molar-refractivity contribution in [2.75, 3.05) is 13.2 Å². The summed E-state index contributed by atoms with van der Waals surface area (Å²) in [5, 5.41) is 3.17. The summed E-state index contributed by atoms with van der Waals surface area (Å²) >= 11 is 11.8. The molecule has 0 aliphatic rings. The lowest BCUT2D eigenvalue weighted by Gasteiger charge is -2.09. The quantitative estimate of drug-likeness (QED) is 0.439. The second-order valence-electron chi connectivity index (χ2n) is 5.66. The van der Waals surface area contributed by atoms with E-state index in [0.29, 0.717) is 19.1 Å². The van der Waals surface area contributed by atoms with Gasteiger partial charge in [-0.2, -0.15) is 0 Å². The number of pyridine rings is 2. The lowest BCUT2D eigenvalue weighted by atomic mass is 10.2. The fourth-order valence-electron chi connectivity index (χ4n) is 2.27. The molecule has 0 saturated heterocycles. The average Bonchev–Trinajstić information content (AvgIpc) is 2.73. The molecule has 0 aliphatic carbocycles. The smallest absolute Gasteiger partial charge is 0.271 e. The minimum absolute atomic E-state index is 0.0838. The van der Waals surface area contributed by atoms with Crippen LogP contribution in [0.2, 0.25) is 10.2 Å². The van der Waals surface area contributed by atoms with Crippen LogP contribution in [0.25, 0.3) is 0 Å². The SMILES string of the molecule is O=C(NCc1ccc(OCCOc2ccccc2)nc1)c1nc(Cl)ccc1Cl. The van der Waals surface area contributed by atoms with E-state index in [0.717, 1.165) is 11.3 Å². The number of ether oxygens (including phenoxy) is 2. The van der Waals surface area contributed by atoms with Gasteiger partial charge in [0.25, 0.3) is 5.91 Å². The van der Waals surface area contributed by atoms with E-state index in [-0.39, 0.29) is 22.4 Å². The second kappa shape index (κ2) is 9.92. The zero-order chi connectivity index (χ0) is 19.8. The number of carbonyl (C=O) groups is 1. The Labute approximate surface area is 172 Å². The van der Waals surface area contributed by atoms with Crippen molar-refractivity contribution in [2.24, 2.45) is 0 Å². The lowest BCUT2D eigenvalue weighted by Crippen LogP contribution is -2.24. The minimum atomic E-state index is -0.411. The summed E-state index contributed by atoms with van der Waals surface area (Å²) < 4.78 is 11.1. The van der Waals surface area contributed by atoms with E-state index in [9.17, 15) is 4.79 Å². The zero-order valence-corrected chi connectivity index (χ0v) is 16.3. The Morgan fingerprint density at radius 3 is 2.50 bits per heavy atom. The Hall–Kier alpha value is -2.83. The van der Waals surface area contributed by atoms with Crippen LogP contribution in [0.1, 0.15) is 16.1 Å². The molecule has 28 heavy (non-hydrogen) atoms. The van der Waals surface area contributed by atoms with Gasteiger partial charge < -0.3 is 14.8 Å². The molecule has 0 aliphatic heterocycles. The van der Waals surface area contributed by atoms with E-state index >= 15 is 0 Å². The van der Waals surface area contributed by atoms with Crippen molar-refractivity contribution in [1.29, 1.82) is 0 Å². The molecule has 1 amide bonds. The van der Waals surface area contributed by atoms with Crippen LogP contribution in [0, 0.1) is 0 Å². The van der Waals surface area contributed by atoms with Crippen LogP contribution in [0.4, 0.5) is 0 Å². The number of rotatable bonds is 8. The number of hydrogen-bond acceptors (Lipinski definition) is 5. The molecule has 0 saturated carbocycles. The van der Waals surface area contributed by atoms with Gasteiger partial charge in [0.05, 0.1) is 5.02 Å². The van der Waals surface area contributed by atoms with E-state index in [1.807, 2.05) is 36.4 Å². The third-order valence-electron chi connectivity index (χ3n) is 3.62. The standard InChI is InChI=1S/C20H17Cl2N3O3/c21-16-7-8-17(22)25-19(16)20(26)24-13-14-6-9-18(23-12-14)28-11-10-27-15-4-2-1-3-5-15/h1-9,12H,10-11,13H2,(H,24,26). The van der Waals surface area contributed by atoms with Gasteiger partial charge in [-0.15, -0.1) is 0 Å². The molecule has 0 atom stereocenters. The first kappa shape index (κ1) is 19.9. The number of amides is 1. The van der Waals surface area contributed by atoms with Crippen LogP contribution >= 0.6 is 23.2 Å². The van der Waals surface area contributed by atoms with Gasteiger partial charge in [0, 0.05) is 18.8 Å². The number of para-hydroxylation sites is 1. The largest absolute Gasteiger partial charge is 0.490 e. The Morgan fingerprint density at radius 2 is 1.75 bits per heavy atom. The first-order valence-corrected chi connectivity index (χ1v) is 9.23. The van der Waals surface area contributed by atoms with Gasteiger partial charge in [0.1, 0.15) is 29.8 Å². The Kier molecular flexibility index (Phi) is 7.06. The van der Waals surface area contributed by atoms with Crippen LogP contribution in [-0.4, -0.2) is 29.1 Å². The molecule has 0 spiro atoms. The van der Waals surface area contributed by atoms with Gasteiger partial charge >= 0.3 is 0 Å². The van der Waals surface area contributed by atoms with E-state index in [1.54, 1.807) is 12.3 Å². The maximum absolute atomic E-state index is 12.2. The van der Waals surface area contributed by atoms with Crippen molar-refractivity contribution in [3.8, 4) is 11.6 Å². The van der Waals surface area contributed by atoms with Crippen LogP contribution in [0.15, 0.2) is 60.8 Å². The summed E-state index contributed by atoms with van der Waals surface area (Å²) in [6.45, 7) is 1.06. The molecule has 3 aromatic rings. The Bertz CT molecular complexity index is 922. The highest BCUT2D eigenvalue weighted by atomic mass is 35.5. The number of halogens is 2. The Morgan fingerprint density at radius 1 is 0.964 bits per heavy atom. The van der Waals surface area contributed by atoms with Crippen LogP contribution in [0.5, 0.6) is 11.6 Å². The molecule has 0 bridgehead atoms. The summed E-state index contributed by atoms with van der Waals surface area (Å²) in [7, 11) is 0. The molecule has 0 radical (unpaired) electrons. The average molecular weight is 418 g/mol. The molecule has 3 rings (SSSR count). The van der Waals surface area contributed by atoms with Crippen molar-refractivity contribution in [3.63, 3.8) is 0 Å². The first-order valence-electron chi connectivity index (χ1n) is 8.47. The summed E-state index contributed by atoms with van der Waals surface area (Å²) in [5.41, 5.74) is 0.889. The maximum atomic E-state index is 12.2. The fraction of sp³-hybridized carbons (Fsp3) is 0.150. The molecular weight excluding hydrogens is 401 g/mol. The number of carbonyl (C=O) groups excluding carboxylic acids is 1. The molecule has 2 heterocycles. The maximum Gasteiger partial charge on any atom is 0.271 e. The molecule has 1 N–H and O–H groups in total. The molecule has 8 heteroatoms. The zero-order valence-electron chi connectivity index (χ0n) is 14.8. The van der Waals surface area contributed by atoms with E-state index < -0.39 is 5.91 Å². The predicted octanol–water partition coefficient (Wildman–Crippen LogP) is 4.17. The third-order valence-corrected chi connectivity index (χ3v) is 4.14. The first-order chi connectivity index (χ1) is 13.6.